The van der Waals surface area contributed by atoms with Crippen LogP contribution in [0.2, 0.25) is 0 Å². The van der Waals surface area contributed by atoms with Crippen molar-refractivity contribution in [3.05, 3.63) is 189 Å². The van der Waals surface area contributed by atoms with E-state index < -0.39 is 0 Å². The molecule has 0 spiro atoms. The van der Waals surface area contributed by atoms with Crippen molar-refractivity contribution in [3.8, 4) is 78.4 Å². The molecule has 10 aromatic rings. The maximum atomic E-state index is 6.51. The molecule has 4 aromatic heterocycles. The predicted octanol–water partition coefficient (Wildman–Crippen LogP) is 23.6. The van der Waals surface area contributed by atoms with Crippen LogP contribution in [0.3, 0.4) is 0 Å². The molecule has 494 valence electrons. The van der Waals surface area contributed by atoms with E-state index in [1.807, 2.05) is 18.2 Å². The fraction of sp³-hybridized carbons (Fsp3) is 0.364. The first-order valence-electron chi connectivity index (χ1n) is 34.5. The van der Waals surface area contributed by atoms with Gasteiger partial charge in [0, 0.05) is 44.3 Å². The highest BCUT2D eigenvalue weighted by Crippen LogP contribution is 2.50. The summed E-state index contributed by atoms with van der Waals surface area (Å²) in [6.07, 6.45) is 4.49. The zero-order chi connectivity index (χ0) is 69.7. The van der Waals surface area contributed by atoms with E-state index in [4.69, 9.17) is 31.4 Å². The second-order valence-electron chi connectivity index (χ2n) is 35.8. The van der Waals surface area contributed by atoms with Gasteiger partial charge in [-0.3, -0.25) is 0 Å². The Morgan fingerprint density at radius 3 is 0.833 bits per heavy atom. The van der Waals surface area contributed by atoms with Crippen LogP contribution in [0.25, 0.3) is 124 Å². The molecule has 0 atom stereocenters. The molecule has 8 heteroatoms. The zero-order valence-electron chi connectivity index (χ0n) is 61.8. The van der Waals surface area contributed by atoms with Crippen LogP contribution in [-0.2, 0) is 43.3 Å². The van der Waals surface area contributed by atoms with E-state index in [0.717, 1.165) is 112 Å². The minimum atomic E-state index is -0.210. The number of aromatic nitrogens is 6. The number of rotatable bonds is 5. The molecule has 6 heterocycles. The maximum absolute atomic E-state index is 6.51. The summed E-state index contributed by atoms with van der Waals surface area (Å²) in [4.78, 5) is 32.3. The Bertz CT molecular complexity index is 4890. The summed E-state index contributed by atoms with van der Waals surface area (Å²) in [6, 6.07) is 50.0. The molecule has 0 aliphatic carbocycles. The van der Waals surface area contributed by atoms with Gasteiger partial charge in [0.2, 0.25) is 0 Å². The Hall–Kier alpha value is -8.88. The van der Waals surface area contributed by atoms with Crippen LogP contribution in [0.1, 0.15) is 222 Å². The largest absolute Gasteiger partial charge is 0.397 e. The zero-order valence-corrected chi connectivity index (χ0v) is 61.8. The number of nitrogens with two attached hydrogens (primary N) is 2. The number of aromatic amines is 2. The summed E-state index contributed by atoms with van der Waals surface area (Å²) in [7, 11) is 0. The lowest BCUT2D eigenvalue weighted by Crippen LogP contribution is -2.16. The Labute approximate surface area is 572 Å². The number of anilines is 2. The first-order chi connectivity index (χ1) is 44.4. The molecule has 96 heavy (non-hydrogen) atoms. The number of benzene rings is 6. The number of nitrogens with one attached hydrogen (secondary N) is 2. The van der Waals surface area contributed by atoms with Gasteiger partial charge in [-0.15, -0.1) is 0 Å². The highest BCUT2D eigenvalue weighted by atomic mass is 14.9. The average molecular weight is 1270 g/mol. The fourth-order valence-electron chi connectivity index (χ4n) is 13.2. The summed E-state index contributed by atoms with van der Waals surface area (Å²) in [6.45, 7) is 55.5. The van der Waals surface area contributed by atoms with Crippen molar-refractivity contribution in [2.45, 2.75) is 209 Å². The third-order valence-corrected chi connectivity index (χ3v) is 19.6. The Morgan fingerprint density at radius 1 is 0.240 bits per heavy atom. The summed E-state index contributed by atoms with van der Waals surface area (Å²) in [5.74, 6) is 0. The van der Waals surface area contributed by atoms with Crippen LogP contribution in [0.15, 0.2) is 133 Å². The highest BCUT2D eigenvalue weighted by Gasteiger charge is 2.33. The summed E-state index contributed by atoms with van der Waals surface area (Å²) >= 11 is 0. The molecule has 0 unspecified atom stereocenters. The first kappa shape index (κ1) is 67.1. The second-order valence-corrected chi connectivity index (χ2v) is 35.8. The molecular formula is C88H102N8. The van der Waals surface area contributed by atoms with Crippen LogP contribution in [-0.4, -0.2) is 29.9 Å². The lowest BCUT2D eigenvalue weighted by molar-refractivity contribution is 0.568. The topological polar surface area (TPSA) is 135 Å². The van der Waals surface area contributed by atoms with Gasteiger partial charge in [0.15, 0.2) is 0 Å². The lowest BCUT2D eigenvalue weighted by Gasteiger charge is -2.26. The molecule has 2 aliphatic rings. The predicted molar refractivity (Wildman–Crippen MR) is 413 cm³/mol. The number of hydrogen-bond donors (Lipinski definition) is 4. The van der Waals surface area contributed by atoms with E-state index >= 15 is 0 Å². The number of hydrogen-bond acceptors (Lipinski definition) is 6. The van der Waals surface area contributed by atoms with Crippen molar-refractivity contribution in [1.29, 1.82) is 0 Å². The maximum Gasteiger partial charge on any atom is 0.118 e. The van der Waals surface area contributed by atoms with Gasteiger partial charge in [-0.25, -0.2) is 19.9 Å². The van der Waals surface area contributed by atoms with E-state index in [2.05, 4.69) is 304 Å². The quantitative estimate of drug-likeness (QED) is 0.127. The summed E-state index contributed by atoms with van der Waals surface area (Å²) in [5, 5.41) is 0. The lowest BCUT2D eigenvalue weighted by atomic mass is 9.78. The van der Waals surface area contributed by atoms with Gasteiger partial charge in [0.25, 0.3) is 0 Å². The van der Waals surface area contributed by atoms with E-state index in [-0.39, 0.29) is 43.3 Å². The van der Waals surface area contributed by atoms with Gasteiger partial charge in [0.05, 0.1) is 33.8 Å². The van der Waals surface area contributed by atoms with Crippen molar-refractivity contribution in [2.24, 2.45) is 0 Å². The fourth-order valence-corrected chi connectivity index (χ4v) is 13.2. The standard InChI is InChI=1S/C88H102N8/c1-81(2,3)55-35-51(36-56(45-55)82(4,5)6)73-66-29-30-67(91-66)74(52-37-57(83(7,8)9)46-58(38-52)84(10,11)12)69-32-34-71(93-69)76(54-41-61(87(19,20)21)48-62(42-54)88(22,23)24)78-80-79(94-65-28-26-50(44-72(65)95-80)49-25-27-63(89)64(90)43-49)77(96-78)75(70-33-31-68(73)92-70)53-39-59(85(13,14)15)47-60(40-53)86(16,17)18/h25-48,92-93H,89-90H2,1-24H3. The smallest absolute Gasteiger partial charge is 0.118 e. The van der Waals surface area contributed by atoms with Crippen LogP contribution in [0.4, 0.5) is 11.4 Å². The molecule has 0 saturated carbocycles. The number of nitrogen functional groups attached to an aromatic ring is 2. The molecule has 6 aromatic carbocycles. The minimum Gasteiger partial charge on any atom is -0.397 e. The van der Waals surface area contributed by atoms with E-state index in [9.17, 15) is 0 Å². The van der Waals surface area contributed by atoms with Crippen LogP contribution < -0.4 is 11.5 Å². The molecule has 2 aliphatic heterocycles. The van der Waals surface area contributed by atoms with Gasteiger partial charge >= 0.3 is 0 Å². The molecule has 12 rings (SSSR count). The molecule has 8 bridgehead atoms. The van der Waals surface area contributed by atoms with E-state index in [1.165, 1.54) is 44.5 Å². The Kier molecular flexibility index (Phi) is 16.0. The van der Waals surface area contributed by atoms with E-state index in [1.54, 1.807) is 0 Å². The van der Waals surface area contributed by atoms with Crippen molar-refractivity contribution in [3.63, 3.8) is 0 Å². The van der Waals surface area contributed by atoms with Gasteiger partial charge in [-0.2, -0.15) is 0 Å². The molecule has 0 saturated heterocycles. The Balaban J connectivity index is 1.38. The highest BCUT2D eigenvalue weighted by molar-refractivity contribution is 6.05. The van der Waals surface area contributed by atoms with Gasteiger partial charge in [-0.05, 0) is 182 Å². The molecule has 0 radical (unpaired) electrons. The molecular weight excluding hydrogens is 1170 g/mol. The SMILES string of the molecule is CC(C)(C)c1cc(-c2c3nc(c(-c4cc(C(C)(C)C)cc(C(C)(C)C)c4)c4ccc([nH]4)c(-c4cc(C(C)(C)C)cc(C(C)(C)C)c4)c4nc(c(-c5cc(C(C)(C)C)cc(C(C)(C)C)c5)c5ccc2[nH]5)-c2nc5ccc(-c6ccc(N)c(N)c6)cc5nc2-4)C=C3)cc(C(C)(C)C)c1. The van der Waals surface area contributed by atoms with Crippen molar-refractivity contribution >= 4 is 56.6 Å². The van der Waals surface area contributed by atoms with Crippen molar-refractivity contribution in [2.75, 3.05) is 11.5 Å². The monoisotopic (exact) mass is 1270 g/mol. The molecule has 8 nitrogen and oxygen atoms in total. The molecule has 6 N–H and O–H groups in total. The number of H-pyrrole nitrogens is 2. The Morgan fingerprint density at radius 2 is 0.521 bits per heavy atom. The summed E-state index contributed by atoms with van der Waals surface area (Å²) < 4.78 is 0. The third-order valence-electron chi connectivity index (χ3n) is 19.6. The summed E-state index contributed by atoms with van der Waals surface area (Å²) in [5.41, 5.74) is 42.1. The second kappa shape index (κ2) is 22.9. The van der Waals surface area contributed by atoms with Crippen molar-refractivity contribution < 1.29 is 0 Å². The van der Waals surface area contributed by atoms with Gasteiger partial charge in [-0.1, -0.05) is 251 Å². The first-order valence-corrected chi connectivity index (χ1v) is 34.5. The van der Waals surface area contributed by atoms with Crippen LogP contribution in [0, 0.1) is 0 Å². The molecule has 0 amide bonds. The van der Waals surface area contributed by atoms with Crippen LogP contribution >= 0.6 is 0 Å². The molecule has 0 fully saturated rings. The average Bonchev–Trinajstić information content (AvgIpc) is 1.56. The van der Waals surface area contributed by atoms with Gasteiger partial charge < -0.3 is 21.4 Å². The van der Waals surface area contributed by atoms with E-state index in [0.29, 0.717) is 22.8 Å². The third kappa shape index (κ3) is 12.9. The normalized spacial score (nSPS) is 13.5. The number of nitrogens with zero attached hydrogens (tertiary/aromatic N) is 4. The van der Waals surface area contributed by atoms with Gasteiger partial charge in [0.1, 0.15) is 22.8 Å². The number of fused-ring (bicyclic) bond motifs is 12. The van der Waals surface area contributed by atoms with Crippen molar-refractivity contribution in [1.82, 2.24) is 29.9 Å². The van der Waals surface area contributed by atoms with Crippen LogP contribution in [0.5, 0.6) is 0 Å². The minimum absolute atomic E-state index is 0.156.